The molecule has 2 heterocycles. The van der Waals surface area contributed by atoms with Crippen molar-refractivity contribution in [1.29, 1.82) is 0 Å². The van der Waals surface area contributed by atoms with Gasteiger partial charge in [0, 0.05) is 24.8 Å². The number of alkyl halides is 3. The minimum absolute atomic E-state index is 0.176. The molecule has 1 saturated heterocycles. The van der Waals surface area contributed by atoms with E-state index in [0.29, 0.717) is 5.82 Å². The highest BCUT2D eigenvalue weighted by molar-refractivity contribution is 6.03. The van der Waals surface area contributed by atoms with E-state index in [9.17, 15) is 18.0 Å². The Labute approximate surface area is 142 Å². The van der Waals surface area contributed by atoms with E-state index in [2.05, 4.69) is 20.2 Å². The van der Waals surface area contributed by atoms with Crippen LogP contribution in [0.25, 0.3) is 0 Å². The summed E-state index contributed by atoms with van der Waals surface area (Å²) in [6.45, 7) is 1.77. The van der Waals surface area contributed by atoms with Crippen LogP contribution in [-0.2, 0) is 6.18 Å². The number of rotatable bonds is 3. The molecule has 1 aromatic heterocycles. The maximum Gasteiger partial charge on any atom is 0.416 e. The number of piperidine rings is 1. The fourth-order valence-electron chi connectivity index (χ4n) is 2.70. The van der Waals surface area contributed by atoms with Crippen LogP contribution in [0.1, 0.15) is 35.3 Å². The van der Waals surface area contributed by atoms with Gasteiger partial charge in [-0.3, -0.25) is 4.79 Å². The number of carbonyl (C=O) groups is 1. The fraction of sp³-hybridized carbons (Fsp3) is 0.353. The minimum Gasteiger partial charge on any atom is -0.357 e. The maximum atomic E-state index is 12.6. The second kappa shape index (κ2) is 7.08. The van der Waals surface area contributed by atoms with Crippen LogP contribution in [0.4, 0.5) is 24.7 Å². The van der Waals surface area contributed by atoms with Gasteiger partial charge in [-0.2, -0.15) is 13.2 Å². The molecule has 5 nitrogen and oxygen atoms in total. The highest BCUT2D eigenvalue weighted by atomic mass is 19.4. The van der Waals surface area contributed by atoms with Gasteiger partial charge in [-0.05, 0) is 43.5 Å². The molecule has 132 valence electrons. The highest BCUT2D eigenvalue weighted by Gasteiger charge is 2.30. The van der Waals surface area contributed by atoms with Crippen molar-refractivity contribution in [3.63, 3.8) is 0 Å². The Morgan fingerprint density at radius 1 is 1.04 bits per heavy atom. The molecule has 1 aromatic carbocycles. The molecule has 3 rings (SSSR count). The summed E-state index contributed by atoms with van der Waals surface area (Å²) in [5.41, 5.74) is -0.313. The van der Waals surface area contributed by atoms with Gasteiger partial charge in [-0.1, -0.05) is 0 Å². The summed E-state index contributed by atoms with van der Waals surface area (Å²) in [7, 11) is 0. The van der Waals surface area contributed by atoms with Gasteiger partial charge >= 0.3 is 6.18 Å². The highest BCUT2D eigenvalue weighted by Crippen LogP contribution is 2.29. The third kappa shape index (κ3) is 4.26. The summed E-state index contributed by atoms with van der Waals surface area (Å²) in [4.78, 5) is 22.5. The fourth-order valence-corrected chi connectivity index (χ4v) is 2.70. The molecule has 8 heteroatoms. The van der Waals surface area contributed by atoms with E-state index < -0.39 is 17.6 Å². The van der Waals surface area contributed by atoms with Crippen LogP contribution in [0.3, 0.4) is 0 Å². The van der Waals surface area contributed by atoms with Crippen molar-refractivity contribution in [1.82, 2.24) is 9.97 Å². The number of carbonyl (C=O) groups excluding carboxylic acids is 1. The molecule has 1 N–H and O–H groups in total. The molecule has 1 fully saturated rings. The molecule has 2 aromatic rings. The van der Waals surface area contributed by atoms with E-state index in [4.69, 9.17) is 0 Å². The van der Waals surface area contributed by atoms with Gasteiger partial charge in [0.25, 0.3) is 5.91 Å². The van der Waals surface area contributed by atoms with Gasteiger partial charge in [0.2, 0.25) is 0 Å². The lowest BCUT2D eigenvalue weighted by Crippen LogP contribution is -2.30. The first kappa shape index (κ1) is 17.2. The summed E-state index contributed by atoms with van der Waals surface area (Å²) in [5, 5.41) is 2.55. The molecule has 1 amide bonds. The third-order valence-electron chi connectivity index (χ3n) is 4.04. The van der Waals surface area contributed by atoms with Crippen LogP contribution in [0, 0.1) is 0 Å². The third-order valence-corrected chi connectivity index (χ3v) is 4.04. The molecule has 0 saturated carbocycles. The van der Waals surface area contributed by atoms with Gasteiger partial charge in [0.1, 0.15) is 17.8 Å². The van der Waals surface area contributed by atoms with Gasteiger partial charge in [-0.15, -0.1) is 0 Å². The summed E-state index contributed by atoms with van der Waals surface area (Å²) < 4.78 is 37.7. The van der Waals surface area contributed by atoms with Gasteiger partial charge < -0.3 is 10.2 Å². The number of hydrogen-bond donors (Lipinski definition) is 1. The summed E-state index contributed by atoms with van der Waals surface area (Å²) in [6, 6.07) is 5.88. The molecule has 0 bridgehead atoms. The summed E-state index contributed by atoms with van der Waals surface area (Å²) >= 11 is 0. The first-order valence-corrected chi connectivity index (χ1v) is 7.99. The number of nitrogens with zero attached hydrogens (tertiary/aromatic N) is 3. The smallest absolute Gasteiger partial charge is 0.357 e. The number of hydrogen-bond acceptors (Lipinski definition) is 4. The van der Waals surface area contributed by atoms with Crippen molar-refractivity contribution in [2.45, 2.75) is 25.4 Å². The van der Waals surface area contributed by atoms with E-state index in [-0.39, 0.29) is 11.4 Å². The molecule has 0 aliphatic carbocycles. The van der Waals surface area contributed by atoms with Crippen LogP contribution >= 0.6 is 0 Å². The van der Waals surface area contributed by atoms with Crippen molar-refractivity contribution in [3.05, 3.63) is 47.9 Å². The average Bonchev–Trinajstić information content (AvgIpc) is 2.62. The molecule has 1 aliphatic rings. The Morgan fingerprint density at radius 2 is 1.72 bits per heavy atom. The van der Waals surface area contributed by atoms with Crippen LogP contribution < -0.4 is 10.2 Å². The monoisotopic (exact) mass is 350 g/mol. The molecular weight excluding hydrogens is 333 g/mol. The van der Waals surface area contributed by atoms with Gasteiger partial charge in [-0.25, -0.2) is 9.97 Å². The zero-order valence-electron chi connectivity index (χ0n) is 13.4. The second-order valence-electron chi connectivity index (χ2n) is 5.84. The second-order valence-corrected chi connectivity index (χ2v) is 5.84. The van der Waals surface area contributed by atoms with E-state index in [0.717, 1.165) is 38.1 Å². The van der Waals surface area contributed by atoms with Crippen molar-refractivity contribution in [3.8, 4) is 0 Å². The molecule has 0 atom stereocenters. The van der Waals surface area contributed by atoms with E-state index in [1.165, 1.54) is 24.9 Å². The zero-order valence-corrected chi connectivity index (χ0v) is 13.4. The van der Waals surface area contributed by atoms with E-state index in [1.807, 2.05) is 0 Å². The minimum atomic E-state index is -4.40. The van der Waals surface area contributed by atoms with Crippen molar-refractivity contribution in [2.24, 2.45) is 0 Å². The standard InChI is InChI=1S/C17H17F3N4O/c18-17(19,20)12-4-6-13(7-5-12)23-16(25)14-10-15(22-11-21-14)24-8-2-1-3-9-24/h4-7,10-11H,1-3,8-9H2,(H,23,25). The van der Waals surface area contributed by atoms with Crippen molar-refractivity contribution < 1.29 is 18.0 Å². The molecule has 0 unspecified atom stereocenters. The topological polar surface area (TPSA) is 58.1 Å². The van der Waals surface area contributed by atoms with Crippen LogP contribution in [0.2, 0.25) is 0 Å². The van der Waals surface area contributed by atoms with Crippen LogP contribution in [-0.4, -0.2) is 29.0 Å². The Kier molecular flexibility index (Phi) is 4.87. The number of benzene rings is 1. The number of nitrogens with one attached hydrogen (secondary N) is 1. The number of amides is 1. The first-order valence-electron chi connectivity index (χ1n) is 7.99. The predicted molar refractivity (Wildman–Crippen MR) is 87.5 cm³/mol. The molecule has 0 spiro atoms. The molecule has 1 aliphatic heterocycles. The van der Waals surface area contributed by atoms with Crippen LogP contribution in [0.15, 0.2) is 36.7 Å². The number of aromatic nitrogens is 2. The van der Waals surface area contributed by atoms with E-state index in [1.54, 1.807) is 6.07 Å². The first-order chi connectivity index (χ1) is 11.9. The summed E-state index contributed by atoms with van der Waals surface area (Å²) in [6.07, 6.45) is 0.265. The largest absolute Gasteiger partial charge is 0.416 e. The van der Waals surface area contributed by atoms with Crippen molar-refractivity contribution in [2.75, 3.05) is 23.3 Å². The summed E-state index contributed by atoms with van der Waals surface area (Å²) in [5.74, 6) is 0.202. The van der Waals surface area contributed by atoms with Crippen molar-refractivity contribution >= 4 is 17.4 Å². The normalized spacial score (nSPS) is 15.1. The lowest BCUT2D eigenvalue weighted by atomic mass is 10.1. The molecule has 25 heavy (non-hydrogen) atoms. The Bertz CT molecular complexity index is 740. The maximum absolute atomic E-state index is 12.6. The number of anilines is 2. The average molecular weight is 350 g/mol. The lowest BCUT2D eigenvalue weighted by Gasteiger charge is -2.27. The van der Waals surface area contributed by atoms with Gasteiger partial charge in [0.15, 0.2) is 0 Å². The molecule has 0 radical (unpaired) electrons. The van der Waals surface area contributed by atoms with Gasteiger partial charge in [0.05, 0.1) is 5.56 Å². The van der Waals surface area contributed by atoms with Crippen LogP contribution in [0.5, 0.6) is 0 Å². The quantitative estimate of drug-likeness (QED) is 0.916. The Morgan fingerprint density at radius 3 is 2.36 bits per heavy atom. The Hall–Kier alpha value is -2.64. The SMILES string of the molecule is O=C(Nc1ccc(C(F)(F)F)cc1)c1cc(N2CCCCC2)ncn1. The number of halogens is 3. The molecular formula is C17H17F3N4O. The predicted octanol–water partition coefficient (Wildman–Crippen LogP) is 3.74. The zero-order chi connectivity index (χ0) is 17.9. The lowest BCUT2D eigenvalue weighted by molar-refractivity contribution is -0.137. The Balaban J connectivity index is 1.70. The van der Waals surface area contributed by atoms with E-state index >= 15 is 0 Å².